The third-order valence-electron chi connectivity index (χ3n) is 3.73. The van der Waals surface area contributed by atoms with Crippen molar-refractivity contribution in [2.45, 2.75) is 10.9 Å². The van der Waals surface area contributed by atoms with Crippen LogP contribution < -0.4 is 20.7 Å². The topological polar surface area (TPSA) is 99.6 Å². The van der Waals surface area contributed by atoms with Crippen LogP contribution in [-0.4, -0.2) is 35.3 Å². The number of anilines is 1. The number of nitrogens with zero attached hydrogens (tertiary/aromatic N) is 4. The predicted molar refractivity (Wildman–Crippen MR) is 107 cm³/mol. The minimum Gasteiger partial charge on any atom is -0.493 e. The highest BCUT2D eigenvalue weighted by Gasteiger charge is 2.10. The van der Waals surface area contributed by atoms with Crippen LogP contribution >= 0.6 is 11.8 Å². The third kappa shape index (κ3) is 4.71. The number of halogens is 1. The summed E-state index contributed by atoms with van der Waals surface area (Å²) in [6.07, 6.45) is 1.60. The predicted octanol–water partition coefficient (Wildman–Crippen LogP) is 2.89. The number of benzene rings is 2. The van der Waals surface area contributed by atoms with Crippen molar-refractivity contribution in [3.8, 4) is 11.5 Å². The van der Waals surface area contributed by atoms with Crippen molar-refractivity contribution in [1.29, 1.82) is 0 Å². The molecule has 146 valence electrons. The van der Waals surface area contributed by atoms with Crippen molar-refractivity contribution in [1.82, 2.24) is 14.9 Å². The van der Waals surface area contributed by atoms with E-state index in [1.807, 2.05) is 6.07 Å². The van der Waals surface area contributed by atoms with Crippen molar-refractivity contribution >= 4 is 23.9 Å². The monoisotopic (exact) mass is 402 g/mol. The van der Waals surface area contributed by atoms with Crippen molar-refractivity contribution in [3.63, 3.8) is 0 Å². The molecule has 8 nitrogen and oxygen atoms in total. The lowest BCUT2D eigenvalue weighted by Gasteiger charge is -2.07. The van der Waals surface area contributed by atoms with Gasteiger partial charge in [0.1, 0.15) is 5.82 Å². The van der Waals surface area contributed by atoms with Gasteiger partial charge in [0.2, 0.25) is 5.16 Å². The van der Waals surface area contributed by atoms with Gasteiger partial charge >= 0.3 is 0 Å². The van der Waals surface area contributed by atoms with Gasteiger partial charge in [0.15, 0.2) is 11.5 Å². The number of hydrogen-bond donors (Lipinski definition) is 2. The number of methoxy groups -OCH3 is 2. The molecule has 0 saturated carbocycles. The Morgan fingerprint density at radius 3 is 2.61 bits per heavy atom. The summed E-state index contributed by atoms with van der Waals surface area (Å²) in [4.78, 5) is 0. The molecular weight excluding hydrogens is 383 g/mol. The van der Waals surface area contributed by atoms with Crippen LogP contribution in [0.25, 0.3) is 0 Å². The first-order chi connectivity index (χ1) is 13.6. The third-order valence-corrected chi connectivity index (χ3v) is 4.75. The molecule has 1 heterocycles. The van der Waals surface area contributed by atoms with Gasteiger partial charge in [-0.1, -0.05) is 23.9 Å². The second-order valence-corrected chi connectivity index (χ2v) is 6.52. The van der Waals surface area contributed by atoms with Gasteiger partial charge in [0.25, 0.3) is 5.95 Å². The van der Waals surface area contributed by atoms with Gasteiger partial charge in [0, 0.05) is 5.75 Å². The summed E-state index contributed by atoms with van der Waals surface area (Å²) >= 11 is 1.39. The molecule has 0 fully saturated rings. The van der Waals surface area contributed by atoms with Crippen LogP contribution in [0.4, 0.5) is 10.3 Å². The zero-order valence-electron chi connectivity index (χ0n) is 15.3. The van der Waals surface area contributed by atoms with Crippen LogP contribution in [-0.2, 0) is 5.75 Å². The number of rotatable bonds is 8. The summed E-state index contributed by atoms with van der Waals surface area (Å²) in [7, 11) is 3.14. The molecule has 3 rings (SSSR count). The molecule has 0 unspecified atom stereocenters. The van der Waals surface area contributed by atoms with Crippen LogP contribution in [0.15, 0.2) is 52.7 Å². The number of nitrogen functional groups attached to an aromatic ring is 1. The zero-order chi connectivity index (χ0) is 19.9. The largest absolute Gasteiger partial charge is 0.493 e. The zero-order valence-corrected chi connectivity index (χ0v) is 16.1. The van der Waals surface area contributed by atoms with Gasteiger partial charge in [-0.15, -0.1) is 10.2 Å². The Labute approximate surface area is 165 Å². The van der Waals surface area contributed by atoms with Gasteiger partial charge in [0.05, 0.1) is 20.4 Å². The highest BCUT2D eigenvalue weighted by Crippen LogP contribution is 2.27. The van der Waals surface area contributed by atoms with E-state index >= 15 is 0 Å². The molecule has 0 aliphatic rings. The number of aromatic nitrogens is 3. The van der Waals surface area contributed by atoms with E-state index in [1.54, 1.807) is 44.7 Å². The fourth-order valence-electron chi connectivity index (χ4n) is 2.28. The normalized spacial score (nSPS) is 11.0. The van der Waals surface area contributed by atoms with E-state index in [1.165, 1.54) is 28.6 Å². The average molecular weight is 402 g/mol. The summed E-state index contributed by atoms with van der Waals surface area (Å²) in [5.74, 6) is 7.84. The molecule has 0 radical (unpaired) electrons. The van der Waals surface area contributed by atoms with Gasteiger partial charge in [-0.3, -0.25) is 0 Å². The second-order valence-electron chi connectivity index (χ2n) is 5.58. The minimum absolute atomic E-state index is 0.269. The molecule has 28 heavy (non-hydrogen) atoms. The maximum atomic E-state index is 13.0. The van der Waals surface area contributed by atoms with Crippen LogP contribution in [0.1, 0.15) is 11.1 Å². The summed E-state index contributed by atoms with van der Waals surface area (Å²) in [6, 6.07) is 11.7. The maximum absolute atomic E-state index is 13.0. The van der Waals surface area contributed by atoms with E-state index in [2.05, 4.69) is 20.7 Å². The van der Waals surface area contributed by atoms with Crippen molar-refractivity contribution < 1.29 is 13.9 Å². The van der Waals surface area contributed by atoms with Gasteiger partial charge in [-0.2, -0.15) is 5.10 Å². The Balaban J connectivity index is 1.61. The Bertz CT molecular complexity index is 961. The first-order valence-corrected chi connectivity index (χ1v) is 9.18. The van der Waals surface area contributed by atoms with Gasteiger partial charge < -0.3 is 15.3 Å². The molecule has 0 atom stereocenters. The molecular formula is C18H19FN6O2S. The van der Waals surface area contributed by atoms with Crippen molar-refractivity contribution in [2.24, 2.45) is 5.10 Å². The van der Waals surface area contributed by atoms with E-state index in [9.17, 15) is 4.39 Å². The Hall–Kier alpha value is -3.27. The standard InChI is InChI=1S/C18H19FN6O2S/c1-26-15-8-5-13(9-16(15)27-2)10-21-22-17-23-24-18(25(17)20)28-11-12-3-6-14(19)7-4-12/h3-10H,11,20H2,1-2H3,(H,22,23)/b21-10+. The number of nitrogens with one attached hydrogen (secondary N) is 1. The lowest BCUT2D eigenvalue weighted by Crippen LogP contribution is -2.13. The molecule has 0 saturated heterocycles. The summed E-state index contributed by atoms with van der Waals surface area (Å²) in [5, 5.41) is 12.6. The lowest BCUT2D eigenvalue weighted by molar-refractivity contribution is 0.355. The SMILES string of the molecule is COc1ccc(/C=N/Nc2nnc(SCc3ccc(F)cc3)n2N)cc1OC. The van der Waals surface area contributed by atoms with Crippen molar-refractivity contribution in [3.05, 3.63) is 59.4 Å². The van der Waals surface area contributed by atoms with Crippen LogP contribution in [0.2, 0.25) is 0 Å². The van der Waals surface area contributed by atoms with E-state index in [-0.39, 0.29) is 5.82 Å². The molecule has 0 aliphatic heterocycles. The van der Waals surface area contributed by atoms with E-state index in [4.69, 9.17) is 15.3 Å². The highest BCUT2D eigenvalue weighted by molar-refractivity contribution is 7.98. The molecule has 10 heteroatoms. The summed E-state index contributed by atoms with van der Waals surface area (Å²) < 4.78 is 24.7. The second kappa shape index (κ2) is 9.09. The highest BCUT2D eigenvalue weighted by atomic mass is 32.2. The van der Waals surface area contributed by atoms with Crippen LogP contribution in [0.5, 0.6) is 11.5 Å². The number of hydrazone groups is 1. The quantitative estimate of drug-likeness (QED) is 0.259. The molecule has 3 aromatic rings. The minimum atomic E-state index is -0.269. The molecule has 3 N–H and O–H groups in total. The first-order valence-electron chi connectivity index (χ1n) is 8.19. The van der Waals surface area contributed by atoms with Gasteiger partial charge in [-0.25, -0.2) is 14.5 Å². The van der Waals surface area contributed by atoms with E-state index in [0.717, 1.165) is 11.1 Å². The van der Waals surface area contributed by atoms with Gasteiger partial charge in [-0.05, 0) is 41.5 Å². The summed E-state index contributed by atoms with van der Waals surface area (Å²) in [5.41, 5.74) is 4.51. The number of thioether (sulfide) groups is 1. The molecule has 0 bridgehead atoms. The van der Waals surface area contributed by atoms with Crippen LogP contribution in [0, 0.1) is 5.82 Å². The number of hydrogen-bond acceptors (Lipinski definition) is 8. The smallest absolute Gasteiger partial charge is 0.264 e. The lowest BCUT2D eigenvalue weighted by atomic mass is 10.2. The van der Waals surface area contributed by atoms with Crippen LogP contribution in [0.3, 0.4) is 0 Å². The Morgan fingerprint density at radius 2 is 1.89 bits per heavy atom. The Morgan fingerprint density at radius 1 is 1.14 bits per heavy atom. The molecule has 2 aromatic carbocycles. The van der Waals surface area contributed by atoms with Crippen molar-refractivity contribution in [2.75, 3.05) is 25.5 Å². The van der Waals surface area contributed by atoms with E-state index < -0.39 is 0 Å². The maximum Gasteiger partial charge on any atom is 0.264 e. The molecule has 0 spiro atoms. The average Bonchev–Trinajstić information content (AvgIpc) is 3.07. The number of ether oxygens (including phenoxy) is 2. The first kappa shape index (κ1) is 19.5. The fourth-order valence-corrected chi connectivity index (χ4v) is 3.09. The molecule has 0 aliphatic carbocycles. The summed E-state index contributed by atoms with van der Waals surface area (Å²) in [6.45, 7) is 0. The molecule has 0 amide bonds. The van der Waals surface area contributed by atoms with E-state index in [0.29, 0.717) is 28.4 Å². The Kier molecular flexibility index (Phi) is 6.33. The molecule has 1 aromatic heterocycles. The fraction of sp³-hybridized carbons (Fsp3) is 0.167. The number of nitrogens with two attached hydrogens (primary N) is 1.